The maximum absolute atomic E-state index is 12.3. The molecule has 3 aromatic heterocycles. The first-order valence-electron chi connectivity index (χ1n) is 7.41. The number of rotatable bonds is 5. The van der Waals surface area contributed by atoms with E-state index < -0.39 is 0 Å². The van der Waals surface area contributed by atoms with Crippen LogP contribution in [0.25, 0.3) is 11.0 Å². The van der Waals surface area contributed by atoms with Gasteiger partial charge in [-0.25, -0.2) is 9.97 Å². The topological polar surface area (TPSA) is 92.7 Å². The minimum Gasteiger partial charge on any atom is -0.324 e. The molecule has 3 heterocycles. The Hall–Kier alpha value is -2.91. The average molecular weight is 368 g/mol. The van der Waals surface area contributed by atoms with Crippen molar-refractivity contribution in [3.63, 3.8) is 0 Å². The van der Waals surface area contributed by atoms with E-state index in [0.29, 0.717) is 22.0 Å². The molecule has 0 aliphatic rings. The SMILES string of the molecule is O=C(Cc1csc(Nc2ccccn2)n1)Nc1cccc2nsnc12. The Morgan fingerprint density at radius 1 is 1.12 bits per heavy atom. The molecule has 0 saturated carbocycles. The molecule has 9 heteroatoms. The second-order valence-corrected chi connectivity index (χ2v) is 6.53. The zero-order valence-corrected chi connectivity index (χ0v) is 14.5. The highest BCUT2D eigenvalue weighted by Crippen LogP contribution is 2.22. The monoisotopic (exact) mass is 368 g/mol. The number of hydrogen-bond donors (Lipinski definition) is 2. The number of carbonyl (C=O) groups is 1. The highest BCUT2D eigenvalue weighted by molar-refractivity contribution is 7.13. The molecule has 0 spiro atoms. The predicted molar refractivity (Wildman–Crippen MR) is 99.4 cm³/mol. The van der Waals surface area contributed by atoms with Crippen molar-refractivity contribution in [2.75, 3.05) is 10.6 Å². The Morgan fingerprint density at radius 2 is 2.08 bits per heavy atom. The Labute approximate surface area is 151 Å². The van der Waals surface area contributed by atoms with Crippen LogP contribution in [0.3, 0.4) is 0 Å². The molecule has 0 unspecified atom stereocenters. The molecule has 7 nitrogen and oxygen atoms in total. The minimum absolute atomic E-state index is 0.143. The molecule has 0 aliphatic carbocycles. The van der Waals surface area contributed by atoms with Crippen molar-refractivity contribution in [1.82, 2.24) is 18.7 Å². The normalized spacial score (nSPS) is 10.7. The molecule has 0 radical (unpaired) electrons. The predicted octanol–water partition coefficient (Wildman–Crippen LogP) is 3.47. The van der Waals surface area contributed by atoms with Crippen LogP contribution in [0.5, 0.6) is 0 Å². The van der Waals surface area contributed by atoms with Crippen molar-refractivity contribution in [2.45, 2.75) is 6.42 Å². The molecular formula is C16H12N6OS2. The van der Waals surface area contributed by atoms with E-state index in [9.17, 15) is 4.79 Å². The quantitative estimate of drug-likeness (QED) is 0.560. The average Bonchev–Trinajstić information content (AvgIpc) is 3.26. The first kappa shape index (κ1) is 15.6. The Balaban J connectivity index is 1.42. The van der Waals surface area contributed by atoms with Crippen LogP contribution in [0, 0.1) is 0 Å². The molecule has 0 fully saturated rings. The van der Waals surface area contributed by atoms with Crippen molar-refractivity contribution < 1.29 is 4.79 Å². The summed E-state index contributed by atoms with van der Waals surface area (Å²) in [5, 5.41) is 8.55. The number of hydrogen-bond acceptors (Lipinski definition) is 8. The summed E-state index contributed by atoms with van der Waals surface area (Å²) in [6.07, 6.45) is 1.90. The molecule has 0 aliphatic heterocycles. The summed E-state index contributed by atoms with van der Waals surface area (Å²) >= 11 is 2.56. The number of benzene rings is 1. The largest absolute Gasteiger partial charge is 0.324 e. The summed E-state index contributed by atoms with van der Waals surface area (Å²) in [7, 11) is 0. The number of anilines is 3. The third-order valence-electron chi connectivity index (χ3n) is 3.35. The number of fused-ring (bicyclic) bond motifs is 1. The van der Waals surface area contributed by atoms with Gasteiger partial charge in [-0.05, 0) is 24.3 Å². The summed E-state index contributed by atoms with van der Waals surface area (Å²) < 4.78 is 8.38. The van der Waals surface area contributed by atoms with E-state index in [2.05, 4.69) is 29.3 Å². The molecule has 0 atom stereocenters. The molecule has 4 rings (SSSR count). The molecule has 2 N–H and O–H groups in total. The van der Waals surface area contributed by atoms with Crippen LogP contribution in [0.1, 0.15) is 5.69 Å². The molecule has 0 saturated heterocycles. The van der Waals surface area contributed by atoms with Crippen LogP contribution in [0.2, 0.25) is 0 Å². The Kier molecular flexibility index (Phi) is 4.32. The van der Waals surface area contributed by atoms with Gasteiger partial charge in [0.15, 0.2) is 5.13 Å². The Bertz CT molecular complexity index is 1010. The summed E-state index contributed by atoms with van der Waals surface area (Å²) in [5.74, 6) is 0.575. The third-order valence-corrected chi connectivity index (χ3v) is 4.70. The first-order chi connectivity index (χ1) is 12.3. The van der Waals surface area contributed by atoms with Gasteiger partial charge in [-0.1, -0.05) is 12.1 Å². The number of aromatic nitrogens is 4. The smallest absolute Gasteiger partial charge is 0.230 e. The fraction of sp³-hybridized carbons (Fsp3) is 0.0625. The second-order valence-electron chi connectivity index (χ2n) is 5.15. The molecule has 1 aromatic carbocycles. The lowest BCUT2D eigenvalue weighted by Crippen LogP contribution is -2.14. The molecule has 124 valence electrons. The van der Waals surface area contributed by atoms with Gasteiger partial charge < -0.3 is 10.6 Å². The number of nitrogens with zero attached hydrogens (tertiary/aromatic N) is 4. The van der Waals surface area contributed by atoms with E-state index in [0.717, 1.165) is 23.1 Å². The first-order valence-corrected chi connectivity index (χ1v) is 9.02. The Morgan fingerprint density at radius 3 is 2.96 bits per heavy atom. The van der Waals surface area contributed by atoms with Gasteiger partial charge in [0.25, 0.3) is 0 Å². The van der Waals surface area contributed by atoms with E-state index in [1.807, 2.05) is 41.8 Å². The van der Waals surface area contributed by atoms with Crippen molar-refractivity contribution in [3.8, 4) is 0 Å². The van der Waals surface area contributed by atoms with Crippen LogP contribution in [-0.2, 0) is 11.2 Å². The van der Waals surface area contributed by atoms with Gasteiger partial charge in [0, 0.05) is 11.6 Å². The maximum Gasteiger partial charge on any atom is 0.230 e. The number of carbonyl (C=O) groups excluding carboxylic acids is 1. The molecule has 0 bridgehead atoms. The zero-order valence-electron chi connectivity index (χ0n) is 12.8. The zero-order chi connectivity index (χ0) is 17.1. The maximum atomic E-state index is 12.3. The number of amides is 1. The van der Waals surface area contributed by atoms with Gasteiger partial charge in [0.2, 0.25) is 5.91 Å². The fourth-order valence-electron chi connectivity index (χ4n) is 2.26. The van der Waals surface area contributed by atoms with Gasteiger partial charge >= 0.3 is 0 Å². The van der Waals surface area contributed by atoms with Gasteiger partial charge in [-0.3, -0.25) is 4.79 Å². The van der Waals surface area contributed by atoms with E-state index in [-0.39, 0.29) is 12.3 Å². The molecule has 4 aromatic rings. The number of pyridine rings is 1. The second kappa shape index (κ2) is 6.91. The van der Waals surface area contributed by atoms with Gasteiger partial charge in [-0.15, -0.1) is 11.3 Å². The number of thiazole rings is 1. The molecule has 1 amide bonds. The van der Waals surface area contributed by atoms with Crippen LogP contribution >= 0.6 is 23.1 Å². The van der Waals surface area contributed by atoms with Crippen LogP contribution in [0.15, 0.2) is 48.0 Å². The molecular weight excluding hydrogens is 356 g/mol. The van der Waals surface area contributed by atoms with E-state index >= 15 is 0 Å². The van der Waals surface area contributed by atoms with Crippen LogP contribution < -0.4 is 10.6 Å². The lowest BCUT2D eigenvalue weighted by Gasteiger charge is -2.04. The van der Waals surface area contributed by atoms with Gasteiger partial charge in [-0.2, -0.15) is 8.75 Å². The standard InChI is InChI=1S/C16H12N6OS2/c23-14(19-11-4-3-5-12-15(11)22-25-21-12)8-10-9-24-16(18-10)20-13-6-1-2-7-17-13/h1-7,9H,8H2,(H,19,23)(H,17,18,20). The summed E-state index contributed by atoms with van der Waals surface area (Å²) in [4.78, 5) is 20.9. The van der Waals surface area contributed by atoms with Crippen molar-refractivity contribution in [3.05, 3.63) is 53.7 Å². The van der Waals surface area contributed by atoms with Gasteiger partial charge in [0.05, 0.1) is 29.5 Å². The third kappa shape index (κ3) is 3.62. The number of nitrogens with one attached hydrogen (secondary N) is 2. The van der Waals surface area contributed by atoms with E-state index in [1.165, 1.54) is 11.3 Å². The highest BCUT2D eigenvalue weighted by Gasteiger charge is 2.11. The lowest BCUT2D eigenvalue weighted by atomic mass is 10.2. The van der Waals surface area contributed by atoms with Crippen molar-refractivity contribution >= 4 is 56.6 Å². The molecule has 25 heavy (non-hydrogen) atoms. The van der Waals surface area contributed by atoms with Crippen molar-refractivity contribution in [2.24, 2.45) is 0 Å². The van der Waals surface area contributed by atoms with E-state index in [4.69, 9.17) is 0 Å². The lowest BCUT2D eigenvalue weighted by molar-refractivity contribution is -0.115. The summed E-state index contributed by atoms with van der Waals surface area (Å²) in [5.41, 5.74) is 2.85. The van der Waals surface area contributed by atoms with Crippen LogP contribution in [-0.4, -0.2) is 24.6 Å². The van der Waals surface area contributed by atoms with Gasteiger partial charge in [0.1, 0.15) is 16.9 Å². The van der Waals surface area contributed by atoms with Crippen LogP contribution in [0.4, 0.5) is 16.6 Å². The minimum atomic E-state index is -0.143. The summed E-state index contributed by atoms with van der Waals surface area (Å²) in [6, 6.07) is 11.1. The van der Waals surface area contributed by atoms with E-state index in [1.54, 1.807) is 6.20 Å². The summed E-state index contributed by atoms with van der Waals surface area (Å²) in [6.45, 7) is 0. The highest BCUT2D eigenvalue weighted by atomic mass is 32.1. The fourth-order valence-corrected chi connectivity index (χ4v) is 3.52. The van der Waals surface area contributed by atoms with Crippen molar-refractivity contribution in [1.29, 1.82) is 0 Å².